The molecule has 8 nitrogen and oxygen atoms in total. The molecule has 32 heavy (non-hydrogen) atoms. The van der Waals surface area contributed by atoms with E-state index in [1.54, 1.807) is 12.1 Å². The number of rotatable bonds is 8. The van der Waals surface area contributed by atoms with Crippen molar-refractivity contribution in [3.8, 4) is 0 Å². The lowest BCUT2D eigenvalue weighted by Gasteiger charge is -2.09. The van der Waals surface area contributed by atoms with Crippen LogP contribution in [0.4, 0.5) is 4.39 Å². The molecule has 0 saturated carbocycles. The van der Waals surface area contributed by atoms with Crippen molar-refractivity contribution in [2.75, 3.05) is 6.54 Å². The number of halogens is 1. The van der Waals surface area contributed by atoms with Crippen molar-refractivity contribution in [3.63, 3.8) is 0 Å². The van der Waals surface area contributed by atoms with Crippen LogP contribution in [0, 0.1) is 5.82 Å². The number of pyridine rings is 1. The monoisotopic (exact) mass is 457 g/mol. The van der Waals surface area contributed by atoms with E-state index in [-0.39, 0.29) is 28.4 Å². The van der Waals surface area contributed by atoms with Gasteiger partial charge in [0.1, 0.15) is 5.82 Å². The van der Waals surface area contributed by atoms with E-state index >= 15 is 0 Å². The van der Waals surface area contributed by atoms with Crippen molar-refractivity contribution in [1.29, 1.82) is 0 Å². The van der Waals surface area contributed by atoms with Gasteiger partial charge in [0.2, 0.25) is 0 Å². The minimum atomic E-state index is -4.16. The molecular formula is C22H20FN3O5S. The molecule has 0 aliphatic carbocycles. The molecule has 0 atom stereocenters. The maximum absolute atomic E-state index is 12.9. The number of nitrogens with one attached hydrogen (secondary N) is 2. The molecule has 166 valence electrons. The van der Waals surface area contributed by atoms with Gasteiger partial charge in [0.25, 0.3) is 21.8 Å². The Morgan fingerprint density at radius 3 is 2.16 bits per heavy atom. The number of amides is 2. The van der Waals surface area contributed by atoms with Crippen LogP contribution in [0.15, 0.2) is 71.8 Å². The number of sulfonamides is 1. The standard InChI is InChI=1S/C22H20FN3O5S/c23-18-6-1-15(2-7-18)11-12-24-21(28)16-4-9-20(10-5-16)32(30,31)26-22(29)17-3-8-19(14-27)25-13-17/h1-10,13,27H,11-12,14H2,(H,24,28)(H,26,29). The first kappa shape index (κ1) is 23.0. The third-order valence-electron chi connectivity index (χ3n) is 4.52. The molecule has 10 heteroatoms. The molecule has 0 saturated heterocycles. The molecule has 0 bridgehead atoms. The van der Waals surface area contributed by atoms with Gasteiger partial charge in [-0.2, -0.15) is 0 Å². The summed E-state index contributed by atoms with van der Waals surface area (Å²) in [4.78, 5) is 28.1. The van der Waals surface area contributed by atoms with Crippen molar-refractivity contribution in [2.24, 2.45) is 0 Å². The first-order valence-corrected chi connectivity index (χ1v) is 11.0. The lowest BCUT2D eigenvalue weighted by Crippen LogP contribution is -2.31. The van der Waals surface area contributed by atoms with Gasteiger partial charge in [-0.25, -0.2) is 17.5 Å². The molecule has 3 N–H and O–H groups in total. The Hall–Kier alpha value is -3.63. The molecule has 0 aliphatic rings. The maximum Gasteiger partial charge on any atom is 0.266 e. The Labute approximate surface area is 184 Å². The zero-order valence-electron chi connectivity index (χ0n) is 16.8. The van der Waals surface area contributed by atoms with Crippen molar-refractivity contribution in [3.05, 3.63) is 95.1 Å². The SMILES string of the molecule is O=C(NCCc1ccc(F)cc1)c1ccc(S(=O)(=O)NC(=O)c2ccc(CO)nc2)cc1. The summed E-state index contributed by atoms with van der Waals surface area (Å²) < 4.78 is 39.8. The summed E-state index contributed by atoms with van der Waals surface area (Å²) >= 11 is 0. The molecule has 0 fully saturated rings. The second-order valence-electron chi connectivity index (χ2n) is 6.79. The smallest absolute Gasteiger partial charge is 0.266 e. The Morgan fingerprint density at radius 2 is 1.56 bits per heavy atom. The second kappa shape index (κ2) is 10.1. The van der Waals surface area contributed by atoms with Gasteiger partial charge in [0.05, 0.1) is 22.8 Å². The zero-order chi connectivity index (χ0) is 23.1. The molecule has 2 amide bonds. The van der Waals surface area contributed by atoms with E-state index in [4.69, 9.17) is 5.11 Å². The van der Waals surface area contributed by atoms with E-state index in [0.29, 0.717) is 18.7 Å². The van der Waals surface area contributed by atoms with E-state index in [1.807, 2.05) is 4.72 Å². The Kier molecular flexibility index (Phi) is 7.29. The van der Waals surface area contributed by atoms with Gasteiger partial charge in [-0.15, -0.1) is 0 Å². The summed E-state index contributed by atoms with van der Waals surface area (Å²) in [6.07, 6.45) is 1.68. The van der Waals surface area contributed by atoms with Crippen LogP contribution in [0.25, 0.3) is 0 Å². The zero-order valence-corrected chi connectivity index (χ0v) is 17.6. The third-order valence-corrected chi connectivity index (χ3v) is 5.86. The van der Waals surface area contributed by atoms with Crippen LogP contribution >= 0.6 is 0 Å². The quantitative estimate of drug-likeness (QED) is 0.474. The molecule has 0 unspecified atom stereocenters. The van der Waals surface area contributed by atoms with E-state index in [0.717, 1.165) is 11.8 Å². The summed E-state index contributed by atoms with van der Waals surface area (Å²) in [6, 6.07) is 13.8. The fourth-order valence-corrected chi connectivity index (χ4v) is 3.73. The average molecular weight is 457 g/mol. The molecule has 0 spiro atoms. The molecule has 2 aromatic carbocycles. The fourth-order valence-electron chi connectivity index (χ4n) is 2.75. The predicted molar refractivity (Wildman–Crippen MR) is 114 cm³/mol. The highest BCUT2D eigenvalue weighted by molar-refractivity contribution is 7.90. The number of carbonyl (C=O) groups excluding carboxylic acids is 2. The normalized spacial score (nSPS) is 11.1. The Morgan fingerprint density at radius 1 is 0.906 bits per heavy atom. The number of hydrogen-bond donors (Lipinski definition) is 3. The van der Waals surface area contributed by atoms with Gasteiger partial charge < -0.3 is 10.4 Å². The van der Waals surface area contributed by atoms with Crippen molar-refractivity contribution in [1.82, 2.24) is 15.0 Å². The van der Waals surface area contributed by atoms with Crippen LogP contribution in [0.1, 0.15) is 32.0 Å². The number of aliphatic hydroxyl groups excluding tert-OH is 1. The van der Waals surface area contributed by atoms with Crippen LogP contribution in [0.3, 0.4) is 0 Å². The second-order valence-corrected chi connectivity index (χ2v) is 8.47. The summed E-state index contributed by atoms with van der Waals surface area (Å²) in [5.74, 6) is -1.60. The average Bonchev–Trinajstić information content (AvgIpc) is 2.80. The molecule has 1 heterocycles. The lowest BCUT2D eigenvalue weighted by molar-refractivity contribution is 0.0951. The van der Waals surface area contributed by atoms with Gasteiger partial charge in [-0.05, 0) is 60.5 Å². The van der Waals surface area contributed by atoms with E-state index in [9.17, 15) is 22.4 Å². The molecule has 0 aliphatic heterocycles. The molecule has 3 aromatic rings. The van der Waals surface area contributed by atoms with Crippen LogP contribution < -0.4 is 10.0 Å². The summed E-state index contributed by atoms with van der Waals surface area (Å²) in [7, 11) is -4.16. The van der Waals surface area contributed by atoms with E-state index in [1.165, 1.54) is 48.5 Å². The molecule has 3 rings (SSSR count). The van der Waals surface area contributed by atoms with Crippen LogP contribution in [0.5, 0.6) is 0 Å². The van der Waals surface area contributed by atoms with Crippen molar-refractivity contribution in [2.45, 2.75) is 17.9 Å². The lowest BCUT2D eigenvalue weighted by atomic mass is 10.1. The largest absolute Gasteiger partial charge is 0.390 e. The summed E-state index contributed by atoms with van der Waals surface area (Å²) in [5, 5.41) is 11.7. The minimum absolute atomic E-state index is 0.0166. The predicted octanol–water partition coefficient (Wildman–Crippen LogP) is 1.80. The number of nitrogens with zero attached hydrogens (tertiary/aromatic N) is 1. The maximum atomic E-state index is 12.9. The molecule has 0 radical (unpaired) electrons. The Balaban J connectivity index is 1.58. The van der Waals surface area contributed by atoms with Gasteiger partial charge in [-0.3, -0.25) is 14.6 Å². The van der Waals surface area contributed by atoms with Crippen LogP contribution in [0.2, 0.25) is 0 Å². The number of aliphatic hydroxyl groups is 1. The van der Waals surface area contributed by atoms with Gasteiger partial charge in [0.15, 0.2) is 0 Å². The fraction of sp³-hybridized carbons (Fsp3) is 0.136. The highest BCUT2D eigenvalue weighted by Crippen LogP contribution is 2.12. The van der Waals surface area contributed by atoms with Gasteiger partial charge in [0, 0.05) is 18.3 Å². The highest BCUT2D eigenvalue weighted by atomic mass is 32.2. The van der Waals surface area contributed by atoms with Gasteiger partial charge >= 0.3 is 0 Å². The van der Waals surface area contributed by atoms with Crippen molar-refractivity contribution < 1.29 is 27.5 Å². The third kappa shape index (κ3) is 5.96. The van der Waals surface area contributed by atoms with Crippen LogP contribution in [-0.2, 0) is 23.1 Å². The topological polar surface area (TPSA) is 125 Å². The van der Waals surface area contributed by atoms with Crippen LogP contribution in [-0.4, -0.2) is 36.9 Å². The number of hydrogen-bond acceptors (Lipinski definition) is 6. The summed E-state index contributed by atoms with van der Waals surface area (Å²) in [6.45, 7) is 0.0239. The minimum Gasteiger partial charge on any atom is -0.390 e. The van der Waals surface area contributed by atoms with E-state index in [2.05, 4.69) is 10.3 Å². The first-order chi connectivity index (χ1) is 15.3. The first-order valence-electron chi connectivity index (χ1n) is 9.54. The summed E-state index contributed by atoms with van der Waals surface area (Å²) in [5.41, 5.74) is 1.47. The van der Waals surface area contributed by atoms with Gasteiger partial charge in [-0.1, -0.05) is 12.1 Å². The molecular weight excluding hydrogens is 437 g/mol. The Bertz CT molecular complexity index is 1200. The molecule has 1 aromatic heterocycles. The number of benzene rings is 2. The number of carbonyl (C=O) groups is 2. The van der Waals surface area contributed by atoms with E-state index < -0.39 is 21.8 Å². The number of aromatic nitrogens is 1. The van der Waals surface area contributed by atoms with Crippen molar-refractivity contribution >= 4 is 21.8 Å². The highest BCUT2D eigenvalue weighted by Gasteiger charge is 2.19.